The fraction of sp³-hybridized carbons (Fsp3) is 0.300. The molecule has 1 aromatic carbocycles. The average molecular weight is 413 g/mol. The SMILES string of the molecule is Cl.NCC(F)(F)CNC(=O)c1cc(F)c(F)cc1I. The summed E-state index contributed by atoms with van der Waals surface area (Å²) in [5, 5.41) is 1.91. The molecule has 0 fully saturated rings. The molecule has 3 N–H and O–H groups in total. The summed E-state index contributed by atoms with van der Waals surface area (Å²) in [4.78, 5) is 11.5. The molecule has 0 bridgehead atoms. The third kappa shape index (κ3) is 5.11. The highest BCUT2D eigenvalue weighted by Crippen LogP contribution is 2.17. The highest BCUT2D eigenvalue weighted by molar-refractivity contribution is 14.1. The molecular formula is C10H10ClF4IN2O. The number of nitrogens with one attached hydrogen (secondary N) is 1. The van der Waals surface area contributed by atoms with Crippen LogP contribution in [-0.2, 0) is 0 Å². The Morgan fingerprint density at radius 2 is 1.84 bits per heavy atom. The van der Waals surface area contributed by atoms with Gasteiger partial charge < -0.3 is 11.1 Å². The van der Waals surface area contributed by atoms with Crippen molar-refractivity contribution in [1.29, 1.82) is 0 Å². The molecule has 0 aliphatic heterocycles. The van der Waals surface area contributed by atoms with Crippen molar-refractivity contribution < 1.29 is 22.4 Å². The van der Waals surface area contributed by atoms with E-state index in [1.165, 1.54) is 0 Å². The Hall–Kier alpha value is -0.610. The molecule has 0 radical (unpaired) electrons. The van der Waals surface area contributed by atoms with Gasteiger partial charge in [-0.1, -0.05) is 0 Å². The van der Waals surface area contributed by atoms with Gasteiger partial charge in [-0.25, -0.2) is 17.6 Å². The summed E-state index contributed by atoms with van der Waals surface area (Å²) in [7, 11) is 0. The Morgan fingerprint density at radius 3 is 2.37 bits per heavy atom. The smallest absolute Gasteiger partial charge is 0.277 e. The number of hydrogen-bond acceptors (Lipinski definition) is 2. The van der Waals surface area contributed by atoms with Crippen LogP contribution in [0.3, 0.4) is 0 Å². The van der Waals surface area contributed by atoms with Crippen molar-refractivity contribution in [2.24, 2.45) is 5.73 Å². The van der Waals surface area contributed by atoms with Crippen LogP contribution in [0, 0.1) is 15.2 Å². The molecule has 0 atom stereocenters. The van der Waals surface area contributed by atoms with Crippen LogP contribution in [0.25, 0.3) is 0 Å². The second-order valence-electron chi connectivity index (χ2n) is 3.49. The van der Waals surface area contributed by atoms with E-state index >= 15 is 0 Å². The van der Waals surface area contributed by atoms with E-state index in [-0.39, 0.29) is 21.5 Å². The van der Waals surface area contributed by atoms with E-state index in [1.807, 2.05) is 5.32 Å². The Morgan fingerprint density at radius 1 is 1.32 bits per heavy atom. The molecule has 108 valence electrons. The van der Waals surface area contributed by atoms with Gasteiger partial charge in [-0.3, -0.25) is 4.79 Å². The van der Waals surface area contributed by atoms with Crippen molar-refractivity contribution in [2.45, 2.75) is 5.92 Å². The third-order valence-electron chi connectivity index (χ3n) is 2.06. The van der Waals surface area contributed by atoms with Gasteiger partial charge in [0.05, 0.1) is 18.7 Å². The first kappa shape index (κ1) is 18.4. The summed E-state index contributed by atoms with van der Waals surface area (Å²) in [6.07, 6.45) is 0. The molecule has 1 rings (SSSR count). The molecule has 1 aromatic rings. The number of halogens is 6. The normalized spacial score (nSPS) is 10.8. The van der Waals surface area contributed by atoms with E-state index in [0.717, 1.165) is 6.07 Å². The van der Waals surface area contributed by atoms with E-state index < -0.39 is 36.6 Å². The van der Waals surface area contributed by atoms with Crippen LogP contribution in [0.15, 0.2) is 12.1 Å². The lowest BCUT2D eigenvalue weighted by Crippen LogP contribution is -2.41. The number of hydrogen-bond donors (Lipinski definition) is 2. The van der Waals surface area contributed by atoms with Crippen LogP contribution in [0.5, 0.6) is 0 Å². The lowest BCUT2D eigenvalue weighted by molar-refractivity contribution is 0.0118. The largest absolute Gasteiger partial charge is 0.346 e. The first-order valence-electron chi connectivity index (χ1n) is 4.77. The predicted octanol–water partition coefficient (Wildman–Crippen LogP) is 2.32. The van der Waals surface area contributed by atoms with Crippen molar-refractivity contribution in [3.63, 3.8) is 0 Å². The van der Waals surface area contributed by atoms with Gasteiger partial charge in [0.25, 0.3) is 11.8 Å². The number of alkyl halides is 2. The van der Waals surface area contributed by atoms with E-state index in [9.17, 15) is 22.4 Å². The van der Waals surface area contributed by atoms with Crippen molar-refractivity contribution in [2.75, 3.05) is 13.1 Å². The van der Waals surface area contributed by atoms with Crippen molar-refractivity contribution in [3.05, 3.63) is 32.9 Å². The summed E-state index contributed by atoms with van der Waals surface area (Å²) in [6, 6.07) is 1.47. The van der Waals surface area contributed by atoms with Gasteiger partial charge in [0.1, 0.15) is 0 Å². The topological polar surface area (TPSA) is 55.1 Å². The number of nitrogens with two attached hydrogens (primary N) is 1. The van der Waals surface area contributed by atoms with Crippen molar-refractivity contribution in [3.8, 4) is 0 Å². The third-order valence-corrected chi connectivity index (χ3v) is 2.95. The molecule has 0 spiro atoms. The zero-order chi connectivity index (χ0) is 13.9. The van der Waals surface area contributed by atoms with E-state index in [4.69, 9.17) is 5.73 Å². The molecular weight excluding hydrogens is 402 g/mol. The minimum atomic E-state index is -3.24. The van der Waals surface area contributed by atoms with Gasteiger partial charge in [0.15, 0.2) is 11.6 Å². The van der Waals surface area contributed by atoms with Crippen LogP contribution in [0.2, 0.25) is 0 Å². The van der Waals surface area contributed by atoms with Gasteiger partial charge in [-0.15, -0.1) is 12.4 Å². The molecule has 0 unspecified atom stereocenters. The van der Waals surface area contributed by atoms with Gasteiger partial charge in [0, 0.05) is 3.57 Å². The second-order valence-corrected chi connectivity index (χ2v) is 4.65. The number of carbonyl (C=O) groups excluding carboxylic acids is 1. The van der Waals surface area contributed by atoms with Gasteiger partial charge in [-0.05, 0) is 34.7 Å². The first-order chi connectivity index (χ1) is 8.26. The molecule has 19 heavy (non-hydrogen) atoms. The van der Waals surface area contributed by atoms with Crippen LogP contribution in [-0.4, -0.2) is 24.9 Å². The zero-order valence-corrected chi connectivity index (χ0v) is 12.3. The van der Waals surface area contributed by atoms with E-state index in [1.54, 1.807) is 22.6 Å². The molecule has 0 aliphatic rings. The van der Waals surface area contributed by atoms with Crippen LogP contribution >= 0.6 is 35.0 Å². The molecule has 0 saturated heterocycles. The maximum absolute atomic E-state index is 12.9. The lowest BCUT2D eigenvalue weighted by atomic mass is 10.2. The standard InChI is InChI=1S/C10H9F4IN2O.ClH/c11-6-1-5(8(15)2-7(6)12)9(18)17-4-10(13,14)3-16;/h1-2H,3-4,16H2,(H,17,18);1H. The number of amides is 1. The minimum Gasteiger partial charge on any atom is -0.346 e. The minimum absolute atomic E-state index is 0. The highest BCUT2D eigenvalue weighted by Gasteiger charge is 2.27. The molecule has 9 heteroatoms. The molecule has 3 nitrogen and oxygen atoms in total. The molecule has 1 amide bonds. The van der Waals surface area contributed by atoms with Crippen molar-refractivity contribution in [1.82, 2.24) is 5.32 Å². The summed E-state index contributed by atoms with van der Waals surface area (Å²) < 4.78 is 51.5. The van der Waals surface area contributed by atoms with E-state index in [0.29, 0.717) is 6.07 Å². The maximum atomic E-state index is 12.9. The predicted molar refractivity (Wildman–Crippen MR) is 72.7 cm³/mol. The Kier molecular flexibility index (Phi) is 7.01. The average Bonchev–Trinajstić information content (AvgIpc) is 2.31. The number of carbonyl (C=O) groups is 1. The van der Waals surface area contributed by atoms with Crippen LogP contribution in [0.4, 0.5) is 17.6 Å². The monoisotopic (exact) mass is 412 g/mol. The van der Waals surface area contributed by atoms with Crippen molar-refractivity contribution >= 4 is 40.9 Å². The molecule has 0 aromatic heterocycles. The summed E-state index contributed by atoms with van der Waals surface area (Å²) in [5.74, 6) is -6.47. The second kappa shape index (κ2) is 7.25. The highest BCUT2D eigenvalue weighted by atomic mass is 127. The van der Waals surface area contributed by atoms with Gasteiger partial charge in [0.2, 0.25) is 0 Å². The van der Waals surface area contributed by atoms with E-state index in [2.05, 4.69) is 0 Å². The van der Waals surface area contributed by atoms with Crippen LogP contribution < -0.4 is 11.1 Å². The Balaban J connectivity index is 0.00000324. The summed E-state index contributed by atoms with van der Waals surface area (Å²) >= 11 is 1.61. The fourth-order valence-corrected chi connectivity index (χ4v) is 1.75. The fourth-order valence-electron chi connectivity index (χ4n) is 1.07. The number of benzene rings is 1. The Bertz CT molecular complexity index is 473. The van der Waals surface area contributed by atoms with Gasteiger partial charge in [-0.2, -0.15) is 0 Å². The zero-order valence-electron chi connectivity index (χ0n) is 9.35. The van der Waals surface area contributed by atoms with Gasteiger partial charge >= 0.3 is 0 Å². The molecule has 0 saturated carbocycles. The number of rotatable bonds is 4. The lowest BCUT2D eigenvalue weighted by Gasteiger charge is -2.15. The van der Waals surface area contributed by atoms with Crippen LogP contribution in [0.1, 0.15) is 10.4 Å². The first-order valence-corrected chi connectivity index (χ1v) is 5.85. The molecule has 0 aliphatic carbocycles. The maximum Gasteiger partial charge on any atom is 0.277 e. The Labute approximate surface area is 126 Å². The summed E-state index contributed by atoms with van der Waals surface area (Å²) in [6.45, 7) is -1.88. The quantitative estimate of drug-likeness (QED) is 0.453. The molecule has 0 heterocycles. The summed E-state index contributed by atoms with van der Waals surface area (Å²) in [5.41, 5.74) is 4.59.